The summed E-state index contributed by atoms with van der Waals surface area (Å²) < 4.78 is 26.3. The van der Waals surface area contributed by atoms with Crippen LogP contribution in [-0.4, -0.2) is 34.9 Å². The van der Waals surface area contributed by atoms with Gasteiger partial charge in [-0.05, 0) is 76.0 Å². The van der Waals surface area contributed by atoms with Gasteiger partial charge in [0.2, 0.25) is 5.91 Å². The minimum atomic E-state index is -1.14. The van der Waals surface area contributed by atoms with Gasteiger partial charge < -0.3 is 14.2 Å². The van der Waals surface area contributed by atoms with Crippen LogP contribution >= 0.6 is 0 Å². The molecule has 9 rings (SSSR count). The molecule has 3 heterocycles. The molecule has 2 saturated heterocycles. The summed E-state index contributed by atoms with van der Waals surface area (Å²) in [7, 11) is 0. The van der Waals surface area contributed by atoms with Crippen LogP contribution in [0.1, 0.15) is 81.0 Å². The SMILES string of the molecule is N#Cc1cccc(N(CC23CCC(c4nc(C5CC5)no4)(CC2)OC3)C(=O)C23CC(F)(C2)C3)c1. The van der Waals surface area contributed by atoms with Gasteiger partial charge in [-0.25, -0.2) is 4.39 Å². The summed E-state index contributed by atoms with van der Waals surface area (Å²) in [5.41, 5.74) is -1.20. The molecule has 176 valence electrons. The predicted molar refractivity (Wildman–Crippen MR) is 118 cm³/mol. The van der Waals surface area contributed by atoms with Crippen LogP contribution in [-0.2, 0) is 15.1 Å². The zero-order valence-electron chi connectivity index (χ0n) is 19.1. The molecule has 0 spiro atoms. The molecule has 5 saturated carbocycles. The Kier molecular flexibility index (Phi) is 4.03. The van der Waals surface area contributed by atoms with Gasteiger partial charge in [0, 0.05) is 23.6 Å². The van der Waals surface area contributed by atoms with Crippen molar-refractivity contribution >= 4 is 11.6 Å². The monoisotopic (exact) mass is 462 g/mol. The zero-order chi connectivity index (χ0) is 23.2. The lowest BCUT2D eigenvalue weighted by atomic mass is 9.41. The second kappa shape index (κ2) is 6.66. The summed E-state index contributed by atoms with van der Waals surface area (Å²) in [5, 5.41) is 13.6. The Bertz CT molecular complexity index is 1180. The largest absolute Gasteiger partial charge is 0.364 e. The number of carbonyl (C=O) groups is 1. The fraction of sp³-hybridized carbons (Fsp3) is 0.615. The van der Waals surface area contributed by atoms with Gasteiger partial charge in [0.1, 0.15) is 11.3 Å². The molecule has 8 heteroatoms. The van der Waals surface area contributed by atoms with E-state index in [1.54, 1.807) is 18.2 Å². The number of ether oxygens (including phenoxy) is 1. The zero-order valence-corrected chi connectivity index (χ0v) is 19.1. The van der Waals surface area contributed by atoms with E-state index in [4.69, 9.17) is 9.26 Å². The number of hydrogen-bond acceptors (Lipinski definition) is 6. The summed E-state index contributed by atoms with van der Waals surface area (Å²) in [6.45, 7) is 1.02. The van der Waals surface area contributed by atoms with Crippen LogP contribution in [0.25, 0.3) is 0 Å². The highest BCUT2D eigenvalue weighted by Crippen LogP contribution is 2.70. The van der Waals surface area contributed by atoms with Crippen LogP contribution in [0.4, 0.5) is 10.1 Å². The average molecular weight is 463 g/mol. The second-order valence-electron chi connectivity index (χ2n) is 11.5. The third-order valence-electron chi connectivity index (χ3n) is 8.99. The molecule has 0 atom stereocenters. The van der Waals surface area contributed by atoms with Crippen LogP contribution in [0.3, 0.4) is 0 Å². The number of nitrogens with zero attached hydrogens (tertiary/aromatic N) is 4. The lowest BCUT2D eigenvalue weighted by Gasteiger charge is -2.65. The lowest BCUT2D eigenvalue weighted by molar-refractivity contribution is -0.214. The molecule has 1 aromatic heterocycles. The van der Waals surface area contributed by atoms with Gasteiger partial charge in [-0.15, -0.1) is 0 Å². The predicted octanol–water partition coefficient (Wildman–Crippen LogP) is 4.53. The fourth-order valence-electron chi connectivity index (χ4n) is 6.71. The quantitative estimate of drug-likeness (QED) is 0.626. The van der Waals surface area contributed by atoms with Crippen LogP contribution < -0.4 is 4.90 Å². The van der Waals surface area contributed by atoms with E-state index in [-0.39, 0.29) is 11.3 Å². The molecule has 34 heavy (non-hydrogen) atoms. The van der Waals surface area contributed by atoms with Gasteiger partial charge in [-0.3, -0.25) is 4.79 Å². The molecular weight excluding hydrogens is 435 g/mol. The summed E-state index contributed by atoms with van der Waals surface area (Å²) >= 11 is 0. The lowest BCUT2D eigenvalue weighted by Crippen LogP contribution is -2.71. The maximum atomic E-state index is 14.3. The van der Waals surface area contributed by atoms with E-state index >= 15 is 0 Å². The Morgan fingerprint density at radius 2 is 1.97 bits per heavy atom. The van der Waals surface area contributed by atoms with Crippen molar-refractivity contribution in [1.82, 2.24) is 10.1 Å². The molecule has 1 amide bonds. The third kappa shape index (κ3) is 2.92. The van der Waals surface area contributed by atoms with E-state index in [1.807, 2.05) is 11.0 Å². The number of halogens is 1. The first-order valence-electron chi connectivity index (χ1n) is 12.3. The number of alkyl halides is 1. The first-order chi connectivity index (χ1) is 16.4. The number of benzene rings is 1. The molecule has 2 aliphatic heterocycles. The van der Waals surface area contributed by atoms with Crippen LogP contribution in [0, 0.1) is 22.2 Å². The first-order valence-corrected chi connectivity index (χ1v) is 12.3. The highest BCUT2D eigenvalue weighted by molar-refractivity contribution is 6.00. The van der Waals surface area contributed by atoms with E-state index in [9.17, 15) is 14.4 Å². The van der Waals surface area contributed by atoms with Gasteiger partial charge in [0.05, 0.1) is 23.7 Å². The maximum Gasteiger partial charge on any atom is 0.258 e. The number of hydrogen-bond donors (Lipinski definition) is 0. The third-order valence-corrected chi connectivity index (χ3v) is 8.99. The number of rotatable bonds is 6. The van der Waals surface area contributed by atoms with Crippen LogP contribution in [0.15, 0.2) is 28.8 Å². The number of anilines is 1. The molecule has 7 nitrogen and oxygen atoms in total. The molecule has 7 fully saturated rings. The van der Waals surface area contributed by atoms with Gasteiger partial charge >= 0.3 is 0 Å². The summed E-state index contributed by atoms with van der Waals surface area (Å²) in [4.78, 5) is 20.2. The number of aromatic nitrogens is 2. The van der Waals surface area contributed by atoms with Crippen molar-refractivity contribution in [3.05, 3.63) is 41.5 Å². The average Bonchev–Trinajstić information content (AvgIpc) is 3.56. The van der Waals surface area contributed by atoms with Gasteiger partial charge in [-0.1, -0.05) is 11.2 Å². The van der Waals surface area contributed by atoms with Gasteiger partial charge in [0.25, 0.3) is 5.89 Å². The molecule has 4 bridgehead atoms. The maximum absolute atomic E-state index is 14.3. The number of nitriles is 1. The highest BCUT2D eigenvalue weighted by atomic mass is 19.1. The van der Waals surface area contributed by atoms with E-state index < -0.39 is 16.7 Å². The Morgan fingerprint density at radius 1 is 1.21 bits per heavy atom. The summed E-state index contributed by atoms with van der Waals surface area (Å²) in [6, 6.07) is 9.35. The molecule has 7 aliphatic rings. The minimum Gasteiger partial charge on any atom is -0.364 e. The van der Waals surface area contributed by atoms with E-state index in [0.29, 0.717) is 55.5 Å². The number of fused-ring (bicyclic) bond motifs is 3. The topological polar surface area (TPSA) is 92.2 Å². The smallest absolute Gasteiger partial charge is 0.258 e. The summed E-state index contributed by atoms with van der Waals surface area (Å²) in [5.74, 6) is 1.82. The molecule has 1 aromatic carbocycles. The molecule has 5 aliphatic carbocycles. The molecular formula is C26H27FN4O3. The Balaban J connectivity index is 1.14. The molecule has 0 unspecified atom stereocenters. The highest BCUT2D eigenvalue weighted by Gasteiger charge is 2.73. The van der Waals surface area contributed by atoms with Crippen molar-refractivity contribution in [1.29, 1.82) is 5.26 Å². The van der Waals surface area contributed by atoms with Crippen molar-refractivity contribution < 1.29 is 18.4 Å². The van der Waals surface area contributed by atoms with E-state index in [0.717, 1.165) is 44.3 Å². The van der Waals surface area contributed by atoms with Crippen molar-refractivity contribution in [3.8, 4) is 6.07 Å². The van der Waals surface area contributed by atoms with Crippen molar-refractivity contribution in [2.75, 3.05) is 18.1 Å². The normalized spacial score (nSPS) is 37.4. The minimum absolute atomic E-state index is 0.00937. The molecule has 2 aromatic rings. The van der Waals surface area contributed by atoms with Gasteiger partial charge in [-0.2, -0.15) is 10.2 Å². The first kappa shape index (κ1) is 20.6. The Hall–Kier alpha value is -2.79. The van der Waals surface area contributed by atoms with Crippen LogP contribution in [0.5, 0.6) is 0 Å². The fourth-order valence-corrected chi connectivity index (χ4v) is 6.71. The van der Waals surface area contributed by atoms with Crippen molar-refractivity contribution in [3.63, 3.8) is 0 Å². The molecule has 0 radical (unpaired) electrons. The van der Waals surface area contributed by atoms with Crippen LogP contribution in [0.2, 0.25) is 0 Å². The standard InChI is InChI=1S/C26H27FN4O3/c27-25-12-24(13-25,14-25)22(32)31(19-3-1-2-17(10-19)11-28)15-23-6-8-26(9-7-23,33-16-23)21-29-20(30-34-21)18-4-5-18/h1-3,10,18H,4-9,12-16H2. The number of carbonyl (C=O) groups excluding carboxylic acids is 1. The second-order valence-corrected chi connectivity index (χ2v) is 11.5. The van der Waals surface area contributed by atoms with Crippen molar-refractivity contribution in [2.24, 2.45) is 10.8 Å². The number of amides is 1. The Morgan fingerprint density at radius 3 is 2.59 bits per heavy atom. The molecule has 0 N–H and O–H groups in total. The van der Waals surface area contributed by atoms with E-state index in [1.165, 1.54) is 0 Å². The van der Waals surface area contributed by atoms with Crippen molar-refractivity contribution in [2.45, 2.75) is 75.0 Å². The Labute approximate surface area is 197 Å². The van der Waals surface area contributed by atoms with Gasteiger partial charge in [0.15, 0.2) is 5.82 Å². The summed E-state index contributed by atoms with van der Waals surface area (Å²) in [6.07, 6.45) is 6.53. The van der Waals surface area contributed by atoms with E-state index in [2.05, 4.69) is 16.2 Å².